The van der Waals surface area contributed by atoms with Crippen LogP contribution >= 0.6 is 0 Å². The highest BCUT2D eigenvalue weighted by molar-refractivity contribution is 5.42. The molecule has 0 saturated carbocycles. The van der Waals surface area contributed by atoms with Crippen LogP contribution in [-0.2, 0) is 0 Å². The number of para-hydroxylation sites is 1. The van der Waals surface area contributed by atoms with E-state index in [1.807, 2.05) is 18.2 Å². The average molecular weight is 211 g/mol. The molecule has 82 valence electrons. The molecule has 1 atom stereocenters. The Bertz CT molecular complexity index is 387. The SMILES string of the molecule is C1=CCC(/C=C/CNc2ccccc2)C=C1. The number of hydrogen-bond acceptors (Lipinski definition) is 1. The van der Waals surface area contributed by atoms with E-state index < -0.39 is 0 Å². The van der Waals surface area contributed by atoms with Gasteiger partial charge in [-0.3, -0.25) is 0 Å². The Morgan fingerprint density at radius 3 is 2.81 bits per heavy atom. The van der Waals surface area contributed by atoms with Crippen LogP contribution in [0.4, 0.5) is 5.69 Å². The van der Waals surface area contributed by atoms with E-state index in [2.05, 4.69) is 53.9 Å². The first kappa shape index (κ1) is 10.7. The van der Waals surface area contributed by atoms with Crippen molar-refractivity contribution < 1.29 is 0 Å². The summed E-state index contributed by atoms with van der Waals surface area (Å²) in [4.78, 5) is 0. The quantitative estimate of drug-likeness (QED) is 0.747. The molecule has 16 heavy (non-hydrogen) atoms. The molecule has 0 aromatic heterocycles. The van der Waals surface area contributed by atoms with Crippen LogP contribution in [0.25, 0.3) is 0 Å². The van der Waals surface area contributed by atoms with Gasteiger partial charge in [-0.05, 0) is 24.5 Å². The van der Waals surface area contributed by atoms with Crippen LogP contribution in [0.1, 0.15) is 6.42 Å². The van der Waals surface area contributed by atoms with Crippen molar-refractivity contribution in [3.8, 4) is 0 Å². The largest absolute Gasteiger partial charge is 0.382 e. The lowest BCUT2D eigenvalue weighted by Crippen LogP contribution is -1.99. The summed E-state index contributed by atoms with van der Waals surface area (Å²) in [6, 6.07) is 10.3. The molecule has 0 bridgehead atoms. The Morgan fingerprint density at radius 1 is 1.19 bits per heavy atom. The summed E-state index contributed by atoms with van der Waals surface area (Å²) in [6.45, 7) is 0.887. The summed E-state index contributed by atoms with van der Waals surface area (Å²) in [7, 11) is 0. The van der Waals surface area contributed by atoms with Gasteiger partial charge in [0.25, 0.3) is 0 Å². The minimum absolute atomic E-state index is 0.572. The van der Waals surface area contributed by atoms with E-state index in [0.29, 0.717) is 5.92 Å². The Morgan fingerprint density at radius 2 is 2.06 bits per heavy atom. The summed E-state index contributed by atoms with van der Waals surface area (Å²) in [5.41, 5.74) is 1.17. The topological polar surface area (TPSA) is 12.0 Å². The van der Waals surface area contributed by atoms with Crippen molar-refractivity contribution in [2.45, 2.75) is 6.42 Å². The van der Waals surface area contributed by atoms with E-state index in [9.17, 15) is 0 Å². The van der Waals surface area contributed by atoms with Gasteiger partial charge in [-0.15, -0.1) is 0 Å². The van der Waals surface area contributed by atoms with Crippen LogP contribution in [0.2, 0.25) is 0 Å². The van der Waals surface area contributed by atoms with Gasteiger partial charge < -0.3 is 5.32 Å². The Hall–Kier alpha value is -1.76. The van der Waals surface area contributed by atoms with Gasteiger partial charge in [0.05, 0.1) is 0 Å². The number of nitrogens with one attached hydrogen (secondary N) is 1. The molecule has 0 aliphatic heterocycles. The zero-order valence-electron chi connectivity index (χ0n) is 9.34. The maximum absolute atomic E-state index is 3.36. The van der Waals surface area contributed by atoms with Gasteiger partial charge in [0, 0.05) is 12.2 Å². The lowest BCUT2D eigenvalue weighted by Gasteiger charge is -2.07. The van der Waals surface area contributed by atoms with Gasteiger partial charge in [-0.2, -0.15) is 0 Å². The molecule has 0 fully saturated rings. The normalized spacial score (nSPS) is 19.1. The van der Waals surface area contributed by atoms with Crippen LogP contribution in [-0.4, -0.2) is 6.54 Å². The Balaban J connectivity index is 1.74. The van der Waals surface area contributed by atoms with Gasteiger partial charge >= 0.3 is 0 Å². The van der Waals surface area contributed by atoms with Gasteiger partial charge in [-0.25, -0.2) is 0 Å². The van der Waals surface area contributed by atoms with Crippen molar-refractivity contribution >= 4 is 5.69 Å². The molecule has 0 spiro atoms. The van der Waals surface area contributed by atoms with Crippen molar-refractivity contribution in [1.29, 1.82) is 0 Å². The zero-order valence-corrected chi connectivity index (χ0v) is 9.34. The van der Waals surface area contributed by atoms with E-state index in [1.54, 1.807) is 0 Å². The molecule has 0 saturated heterocycles. The Labute approximate surface area is 97.2 Å². The molecule has 1 aliphatic rings. The summed E-state index contributed by atoms with van der Waals surface area (Å²) in [5.74, 6) is 0.572. The third-order valence-corrected chi connectivity index (χ3v) is 2.59. The molecule has 2 rings (SSSR count). The number of anilines is 1. The number of benzene rings is 1. The van der Waals surface area contributed by atoms with Crippen molar-refractivity contribution in [1.82, 2.24) is 0 Å². The van der Waals surface area contributed by atoms with Crippen LogP contribution in [0, 0.1) is 5.92 Å². The third kappa shape index (κ3) is 3.43. The second-order valence-electron chi connectivity index (χ2n) is 3.89. The van der Waals surface area contributed by atoms with Gasteiger partial charge in [0.2, 0.25) is 0 Å². The molecular formula is C15H17N. The van der Waals surface area contributed by atoms with E-state index in [1.165, 1.54) is 5.69 Å². The minimum atomic E-state index is 0.572. The van der Waals surface area contributed by atoms with Crippen molar-refractivity contribution in [2.75, 3.05) is 11.9 Å². The Kier molecular flexibility index (Phi) is 4.00. The molecule has 1 aliphatic carbocycles. The maximum atomic E-state index is 3.36. The average Bonchev–Trinajstić information content (AvgIpc) is 2.37. The molecule has 1 unspecified atom stereocenters. The van der Waals surface area contributed by atoms with Gasteiger partial charge in [0.1, 0.15) is 0 Å². The highest BCUT2D eigenvalue weighted by Crippen LogP contribution is 2.12. The first-order valence-electron chi connectivity index (χ1n) is 5.74. The lowest BCUT2D eigenvalue weighted by atomic mass is 10.0. The van der Waals surface area contributed by atoms with Gasteiger partial charge in [-0.1, -0.05) is 54.7 Å². The molecule has 0 heterocycles. The number of allylic oxidation sites excluding steroid dienone is 5. The first-order chi connectivity index (χ1) is 7.95. The second-order valence-corrected chi connectivity index (χ2v) is 3.89. The van der Waals surface area contributed by atoms with Crippen LogP contribution in [0.5, 0.6) is 0 Å². The molecule has 1 heteroatoms. The van der Waals surface area contributed by atoms with Gasteiger partial charge in [0.15, 0.2) is 0 Å². The molecule has 0 radical (unpaired) electrons. The molecule has 1 N–H and O–H groups in total. The highest BCUT2D eigenvalue weighted by Gasteiger charge is 1.98. The highest BCUT2D eigenvalue weighted by atomic mass is 14.8. The summed E-state index contributed by atoms with van der Waals surface area (Å²) in [6.07, 6.45) is 14.2. The van der Waals surface area contributed by atoms with Crippen LogP contribution in [0.3, 0.4) is 0 Å². The predicted molar refractivity (Wildman–Crippen MR) is 70.5 cm³/mol. The number of rotatable bonds is 4. The van der Waals surface area contributed by atoms with Crippen molar-refractivity contribution in [2.24, 2.45) is 5.92 Å². The third-order valence-electron chi connectivity index (χ3n) is 2.59. The molecule has 1 aromatic carbocycles. The molecular weight excluding hydrogens is 194 g/mol. The second kappa shape index (κ2) is 5.96. The fourth-order valence-electron chi connectivity index (χ4n) is 1.72. The minimum Gasteiger partial charge on any atom is -0.382 e. The smallest absolute Gasteiger partial charge is 0.0342 e. The first-order valence-corrected chi connectivity index (χ1v) is 5.74. The molecule has 1 nitrogen and oxygen atoms in total. The molecule has 0 amide bonds. The predicted octanol–water partition coefficient (Wildman–Crippen LogP) is 3.79. The fourth-order valence-corrected chi connectivity index (χ4v) is 1.72. The van der Waals surface area contributed by atoms with E-state index in [4.69, 9.17) is 0 Å². The van der Waals surface area contributed by atoms with Crippen LogP contribution in [0.15, 0.2) is 66.8 Å². The van der Waals surface area contributed by atoms with Crippen molar-refractivity contribution in [3.63, 3.8) is 0 Å². The van der Waals surface area contributed by atoms with E-state index in [0.717, 1.165) is 13.0 Å². The zero-order chi connectivity index (χ0) is 11.1. The van der Waals surface area contributed by atoms with E-state index >= 15 is 0 Å². The van der Waals surface area contributed by atoms with Crippen LogP contribution < -0.4 is 5.32 Å². The number of hydrogen-bond donors (Lipinski definition) is 1. The van der Waals surface area contributed by atoms with E-state index in [-0.39, 0.29) is 0 Å². The maximum Gasteiger partial charge on any atom is 0.0342 e. The lowest BCUT2D eigenvalue weighted by molar-refractivity contribution is 0.819. The summed E-state index contributed by atoms with van der Waals surface area (Å²) in [5, 5.41) is 3.36. The molecule has 1 aromatic rings. The summed E-state index contributed by atoms with van der Waals surface area (Å²) < 4.78 is 0. The fraction of sp³-hybridized carbons (Fsp3) is 0.200. The monoisotopic (exact) mass is 211 g/mol. The summed E-state index contributed by atoms with van der Waals surface area (Å²) >= 11 is 0. The standard InChI is InChI=1S/C15H17N/c1-3-8-14(9-4-1)10-7-13-16-15-11-5-2-6-12-15/h1-8,10-12,14,16H,9,13H2/b10-7+. The van der Waals surface area contributed by atoms with Crippen molar-refractivity contribution in [3.05, 3.63) is 66.8 Å².